The van der Waals surface area contributed by atoms with E-state index in [2.05, 4.69) is 37.3 Å². The van der Waals surface area contributed by atoms with Crippen LogP contribution in [0.1, 0.15) is 41.0 Å². The van der Waals surface area contributed by atoms with E-state index in [-0.39, 0.29) is 31.7 Å². The lowest BCUT2D eigenvalue weighted by Gasteiger charge is -2.37. The van der Waals surface area contributed by atoms with Crippen molar-refractivity contribution in [1.82, 2.24) is 9.80 Å². The summed E-state index contributed by atoms with van der Waals surface area (Å²) in [5, 5.41) is 12.4. The van der Waals surface area contributed by atoms with Crippen LogP contribution in [0.5, 0.6) is 5.75 Å². The van der Waals surface area contributed by atoms with E-state index in [1.807, 2.05) is 28.9 Å². The third-order valence-corrected chi connectivity index (χ3v) is 7.00. The molecule has 1 aliphatic rings. The van der Waals surface area contributed by atoms with Gasteiger partial charge in [-0.1, -0.05) is 30.5 Å². The third kappa shape index (κ3) is 7.07. The van der Waals surface area contributed by atoms with Crippen LogP contribution in [0, 0.1) is 26.2 Å². The van der Waals surface area contributed by atoms with Crippen molar-refractivity contribution in [3.8, 4) is 18.1 Å². The van der Waals surface area contributed by atoms with Gasteiger partial charge in [0, 0.05) is 18.0 Å². The molecule has 1 N–H and O–H groups in total. The number of aliphatic hydroxyl groups is 1. The highest BCUT2D eigenvalue weighted by Gasteiger charge is 2.33. The molecule has 2 heterocycles. The smallest absolute Gasteiger partial charge is 0.237 e. The first-order valence-corrected chi connectivity index (χ1v) is 12.8. The van der Waals surface area contributed by atoms with E-state index in [0.29, 0.717) is 19.7 Å². The van der Waals surface area contributed by atoms with E-state index in [9.17, 15) is 9.90 Å². The van der Waals surface area contributed by atoms with Crippen molar-refractivity contribution < 1.29 is 19.4 Å². The Morgan fingerprint density at radius 1 is 1.38 bits per heavy atom. The molecule has 1 aromatic carbocycles. The van der Waals surface area contributed by atoms with Crippen molar-refractivity contribution in [2.24, 2.45) is 0 Å². The second-order valence-corrected chi connectivity index (χ2v) is 9.84. The standard InChI is InChI=1S/C27H36N2O4S/c1-5-11-28(16-22(30)18-32-13-6-2)17-27(31)29-12-9-26-23(10-14-34-26)24(29)19-33-25-8-7-20(3)15-21(25)4/h2,7-8,10,14-15,22,24,30H,5,9,11-13,16-19H2,1,3-4H3. The SMILES string of the molecule is C#CCOCC(O)CN(CCC)CC(=O)N1CCc2sccc2C1COc1ccc(C)cc1C. The highest BCUT2D eigenvalue weighted by Crippen LogP contribution is 2.34. The molecule has 0 aliphatic carbocycles. The van der Waals surface area contributed by atoms with Crippen molar-refractivity contribution in [2.75, 3.05) is 46.0 Å². The zero-order chi connectivity index (χ0) is 24.5. The molecule has 0 fully saturated rings. The summed E-state index contributed by atoms with van der Waals surface area (Å²) in [5.41, 5.74) is 3.47. The van der Waals surface area contributed by atoms with Crippen molar-refractivity contribution in [2.45, 2.75) is 45.8 Å². The van der Waals surface area contributed by atoms with E-state index in [1.165, 1.54) is 16.0 Å². The quantitative estimate of drug-likeness (QED) is 0.369. The van der Waals surface area contributed by atoms with Crippen molar-refractivity contribution in [1.29, 1.82) is 0 Å². The maximum Gasteiger partial charge on any atom is 0.237 e. The van der Waals surface area contributed by atoms with Crippen LogP contribution in [0.2, 0.25) is 0 Å². The van der Waals surface area contributed by atoms with Crippen LogP contribution < -0.4 is 4.74 Å². The molecular weight excluding hydrogens is 448 g/mol. The van der Waals surface area contributed by atoms with E-state index in [4.69, 9.17) is 15.9 Å². The number of benzene rings is 1. The summed E-state index contributed by atoms with van der Waals surface area (Å²) in [4.78, 5) is 18.8. The van der Waals surface area contributed by atoms with Gasteiger partial charge in [-0.15, -0.1) is 17.8 Å². The number of nitrogens with zero attached hydrogens (tertiary/aromatic N) is 2. The first kappa shape index (κ1) is 26.2. The van der Waals surface area contributed by atoms with Gasteiger partial charge in [-0.05, 0) is 61.9 Å². The number of rotatable bonds is 12. The minimum Gasteiger partial charge on any atom is -0.491 e. The summed E-state index contributed by atoms with van der Waals surface area (Å²) in [7, 11) is 0. The van der Waals surface area contributed by atoms with Crippen molar-refractivity contribution in [3.05, 3.63) is 51.2 Å². The molecule has 1 aromatic heterocycles. The monoisotopic (exact) mass is 484 g/mol. The fourth-order valence-electron chi connectivity index (χ4n) is 4.44. The number of amides is 1. The number of ether oxygens (including phenoxy) is 2. The van der Waals surface area contributed by atoms with Gasteiger partial charge in [-0.25, -0.2) is 0 Å². The fourth-order valence-corrected chi connectivity index (χ4v) is 5.37. The molecular formula is C27H36N2O4S. The van der Waals surface area contributed by atoms with Gasteiger partial charge in [0.05, 0.1) is 25.3 Å². The minimum absolute atomic E-state index is 0.0521. The minimum atomic E-state index is -0.693. The molecule has 2 unspecified atom stereocenters. The van der Waals surface area contributed by atoms with E-state index in [1.54, 1.807) is 11.3 Å². The van der Waals surface area contributed by atoms with Crippen LogP contribution in [0.3, 0.4) is 0 Å². The number of aliphatic hydroxyl groups excluding tert-OH is 1. The average Bonchev–Trinajstić information content (AvgIpc) is 3.28. The Morgan fingerprint density at radius 2 is 2.21 bits per heavy atom. The Balaban J connectivity index is 1.69. The molecule has 6 nitrogen and oxygen atoms in total. The predicted octanol–water partition coefficient (Wildman–Crippen LogP) is 3.59. The molecule has 2 aromatic rings. The summed E-state index contributed by atoms with van der Waals surface area (Å²) in [5.74, 6) is 3.30. The maximum atomic E-state index is 13.5. The van der Waals surface area contributed by atoms with Crippen LogP contribution in [-0.2, 0) is 16.0 Å². The topological polar surface area (TPSA) is 62.2 Å². The number of thiophene rings is 1. The van der Waals surface area contributed by atoms with Crippen LogP contribution in [0.4, 0.5) is 0 Å². The molecule has 0 spiro atoms. The van der Waals surface area contributed by atoms with Gasteiger partial charge in [0.2, 0.25) is 5.91 Å². The third-order valence-electron chi connectivity index (χ3n) is 6.01. The van der Waals surface area contributed by atoms with Crippen molar-refractivity contribution >= 4 is 17.2 Å². The Hall–Kier alpha value is -2.37. The van der Waals surface area contributed by atoms with E-state index in [0.717, 1.165) is 30.7 Å². The second-order valence-electron chi connectivity index (χ2n) is 8.84. The Kier molecular flexibility index (Phi) is 9.97. The van der Waals surface area contributed by atoms with Crippen molar-refractivity contribution in [3.63, 3.8) is 0 Å². The lowest BCUT2D eigenvalue weighted by Crippen LogP contribution is -2.48. The van der Waals surface area contributed by atoms with Gasteiger partial charge in [0.25, 0.3) is 0 Å². The first-order chi connectivity index (χ1) is 16.4. The normalized spacial score (nSPS) is 16.2. The molecule has 3 rings (SSSR count). The number of fused-ring (bicyclic) bond motifs is 1. The number of hydrogen-bond acceptors (Lipinski definition) is 6. The van der Waals surface area contributed by atoms with Crippen LogP contribution >= 0.6 is 11.3 Å². The molecule has 1 aliphatic heterocycles. The fraction of sp³-hybridized carbons (Fsp3) is 0.519. The zero-order valence-electron chi connectivity index (χ0n) is 20.5. The van der Waals surface area contributed by atoms with Gasteiger partial charge < -0.3 is 19.5 Å². The first-order valence-electron chi connectivity index (χ1n) is 11.9. The molecule has 184 valence electrons. The molecule has 34 heavy (non-hydrogen) atoms. The highest BCUT2D eigenvalue weighted by atomic mass is 32.1. The summed E-state index contributed by atoms with van der Waals surface area (Å²) in [6, 6.07) is 8.14. The Labute approximate surface area is 207 Å². The lowest BCUT2D eigenvalue weighted by molar-refractivity contribution is -0.136. The molecule has 2 atom stereocenters. The maximum absolute atomic E-state index is 13.5. The number of aryl methyl sites for hydroxylation is 2. The van der Waals surface area contributed by atoms with Gasteiger partial charge in [-0.2, -0.15) is 0 Å². The van der Waals surface area contributed by atoms with Gasteiger partial charge in [-0.3, -0.25) is 9.69 Å². The summed E-state index contributed by atoms with van der Waals surface area (Å²) >= 11 is 1.74. The number of carbonyl (C=O) groups excluding carboxylic acids is 1. The molecule has 0 radical (unpaired) electrons. The molecule has 0 saturated heterocycles. The Morgan fingerprint density at radius 3 is 2.94 bits per heavy atom. The number of terminal acetylenes is 1. The van der Waals surface area contributed by atoms with Crippen LogP contribution in [0.25, 0.3) is 0 Å². The van der Waals surface area contributed by atoms with Gasteiger partial charge in [0.1, 0.15) is 19.0 Å². The predicted molar refractivity (Wildman–Crippen MR) is 136 cm³/mol. The highest BCUT2D eigenvalue weighted by molar-refractivity contribution is 7.10. The largest absolute Gasteiger partial charge is 0.491 e. The lowest BCUT2D eigenvalue weighted by atomic mass is 10.00. The summed E-state index contributed by atoms with van der Waals surface area (Å²) in [6.07, 6.45) is 6.25. The summed E-state index contributed by atoms with van der Waals surface area (Å²) < 4.78 is 11.5. The number of carbonyl (C=O) groups is 1. The van der Waals surface area contributed by atoms with Crippen LogP contribution in [-0.4, -0.2) is 72.9 Å². The molecule has 0 bridgehead atoms. The van der Waals surface area contributed by atoms with Crippen LogP contribution in [0.15, 0.2) is 29.6 Å². The average molecular weight is 485 g/mol. The van der Waals surface area contributed by atoms with E-state index < -0.39 is 6.10 Å². The molecule has 7 heteroatoms. The van der Waals surface area contributed by atoms with Gasteiger partial charge >= 0.3 is 0 Å². The van der Waals surface area contributed by atoms with Gasteiger partial charge in [0.15, 0.2) is 0 Å². The number of hydrogen-bond donors (Lipinski definition) is 1. The van der Waals surface area contributed by atoms with E-state index >= 15 is 0 Å². The second kappa shape index (κ2) is 12.9. The summed E-state index contributed by atoms with van der Waals surface area (Å²) in [6.45, 7) is 8.92. The zero-order valence-corrected chi connectivity index (χ0v) is 21.3. The molecule has 1 amide bonds. The Bertz CT molecular complexity index is 983. The molecule has 0 saturated carbocycles.